The highest BCUT2D eigenvalue weighted by Gasteiger charge is 2.01. The van der Waals surface area contributed by atoms with Crippen molar-refractivity contribution in [1.29, 1.82) is 0 Å². The fourth-order valence-electron chi connectivity index (χ4n) is 1.85. The Balaban J connectivity index is 1.66. The Morgan fingerprint density at radius 3 is 1.91 bits per heavy atom. The molecule has 2 rings (SSSR count). The quantitative estimate of drug-likeness (QED) is 0.751. The molecule has 22 heavy (non-hydrogen) atoms. The van der Waals surface area contributed by atoms with Gasteiger partial charge in [-0.2, -0.15) is 0 Å². The molecule has 0 amide bonds. The van der Waals surface area contributed by atoms with Crippen LogP contribution < -0.4 is 9.47 Å². The first-order valence-electron chi connectivity index (χ1n) is 6.95. The van der Waals surface area contributed by atoms with Gasteiger partial charge in [0.1, 0.15) is 11.5 Å². The molecule has 0 saturated carbocycles. The first-order valence-corrected chi connectivity index (χ1v) is 7.33. The second kappa shape index (κ2) is 8.29. The van der Waals surface area contributed by atoms with Crippen molar-refractivity contribution in [3.63, 3.8) is 0 Å². The largest absolute Gasteiger partial charge is 0.493 e. The highest BCUT2D eigenvalue weighted by Crippen LogP contribution is 2.16. The number of rotatable bonds is 8. The van der Waals surface area contributed by atoms with Crippen LogP contribution in [0.5, 0.6) is 11.5 Å². The van der Waals surface area contributed by atoms with E-state index in [0.29, 0.717) is 18.2 Å². The van der Waals surface area contributed by atoms with Crippen LogP contribution in [0.4, 0.5) is 0 Å². The number of carboxylic acid groups (broad SMARTS) is 1. The van der Waals surface area contributed by atoms with E-state index in [0.717, 1.165) is 23.5 Å². The van der Waals surface area contributed by atoms with E-state index < -0.39 is 5.97 Å². The van der Waals surface area contributed by atoms with Crippen LogP contribution in [0, 0.1) is 0 Å². The SMILES string of the molecule is O=C(O)Cc1ccc(OCCCOc2ccc(Cl)cc2)cc1. The number of halogens is 1. The van der Waals surface area contributed by atoms with Gasteiger partial charge in [0.25, 0.3) is 0 Å². The molecule has 0 atom stereocenters. The second-order valence-electron chi connectivity index (χ2n) is 4.72. The summed E-state index contributed by atoms with van der Waals surface area (Å²) in [6.07, 6.45) is 0.773. The molecule has 2 aromatic carbocycles. The van der Waals surface area contributed by atoms with Crippen LogP contribution in [0.1, 0.15) is 12.0 Å². The summed E-state index contributed by atoms with van der Waals surface area (Å²) in [7, 11) is 0. The molecule has 0 saturated heterocycles. The number of carbonyl (C=O) groups is 1. The molecule has 2 aromatic rings. The predicted octanol–water partition coefficient (Wildman–Crippen LogP) is 3.82. The summed E-state index contributed by atoms with van der Waals surface area (Å²) in [4.78, 5) is 10.6. The molecule has 0 aromatic heterocycles. The minimum Gasteiger partial charge on any atom is -0.493 e. The van der Waals surface area contributed by atoms with Crippen LogP contribution in [-0.4, -0.2) is 24.3 Å². The summed E-state index contributed by atoms with van der Waals surface area (Å²) < 4.78 is 11.1. The molecular weight excluding hydrogens is 304 g/mol. The third-order valence-electron chi connectivity index (χ3n) is 2.92. The van der Waals surface area contributed by atoms with Crippen LogP contribution in [0.3, 0.4) is 0 Å². The minimum atomic E-state index is -0.840. The Morgan fingerprint density at radius 2 is 1.41 bits per heavy atom. The van der Waals surface area contributed by atoms with Gasteiger partial charge in [0.05, 0.1) is 19.6 Å². The third kappa shape index (κ3) is 5.66. The molecule has 0 bridgehead atoms. The van der Waals surface area contributed by atoms with Crippen LogP contribution >= 0.6 is 11.6 Å². The number of hydrogen-bond donors (Lipinski definition) is 1. The molecule has 0 aliphatic heterocycles. The van der Waals surface area contributed by atoms with E-state index in [9.17, 15) is 4.79 Å². The van der Waals surface area contributed by atoms with Crippen molar-refractivity contribution in [2.24, 2.45) is 0 Å². The van der Waals surface area contributed by atoms with E-state index in [1.165, 1.54) is 0 Å². The van der Waals surface area contributed by atoms with Gasteiger partial charge in [-0.3, -0.25) is 4.79 Å². The monoisotopic (exact) mass is 320 g/mol. The number of hydrogen-bond acceptors (Lipinski definition) is 3. The lowest BCUT2D eigenvalue weighted by Gasteiger charge is -2.08. The summed E-state index contributed by atoms with van der Waals surface area (Å²) in [5.74, 6) is 0.663. The summed E-state index contributed by atoms with van der Waals surface area (Å²) in [5, 5.41) is 9.38. The van der Waals surface area contributed by atoms with Crippen molar-refractivity contribution in [2.75, 3.05) is 13.2 Å². The molecule has 0 aliphatic rings. The molecule has 0 aliphatic carbocycles. The van der Waals surface area contributed by atoms with E-state index in [1.807, 2.05) is 12.1 Å². The third-order valence-corrected chi connectivity index (χ3v) is 3.17. The Bertz CT molecular complexity index is 593. The van der Waals surface area contributed by atoms with Crippen molar-refractivity contribution < 1.29 is 19.4 Å². The zero-order chi connectivity index (χ0) is 15.8. The predicted molar refractivity (Wildman–Crippen MR) is 84.8 cm³/mol. The van der Waals surface area contributed by atoms with Gasteiger partial charge in [0.2, 0.25) is 0 Å². The van der Waals surface area contributed by atoms with Crippen LogP contribution in [-0.2, 0) is 11.2 Å². The van der Waals surface area contributed by atoms with Crippen molar-refractivity contribution in [2.45, 2.75) is 12.8 Å². The Labute approximate surface area is 134 Å². The number of carboxylic acids is 1. The standard InChI is InChI=1S/C17H17ClO4/c18-14-4-8-16(9-5-14)22-11-1-10-21-15-6-2-13(3-7-15)12-17(19)20/h2-9H,1,10-12H2,(H,19,20). The fraction of sp³-hybridized carbons (Fsp3) is 0.235. The van der Waals surface area contributed by atoms with Crippen LogP contribution in [0.15, 0.2) is 48.5 Å². The highest BCUT2D eigenvalue weighted by molar-refractivity contribution is 6.30. The van der Waals surface area contributed by atoms with Crippen LogP contribution in [0.2, 0.25) is 5.02 Å². The zero-order valence-electron chi connectivity index (χ0n) is 12.0. The number of ether oxygens (including phenoxy) is 2. The summed E-state index contributed by atoms with van der Waals surface area (Å²) in [6.45, 7) is 1.09. The van der Waals surface area contributed by atoms with Gasteiger partial charge in [0.15, 0.2) is 0 Å². The summed E-state index contributed by atoms with van der Waals surface area (Å²) >= 11 is 5.79. The van der Waals surface area contributed by atoms with Gasteiger partial charge in [-0.15, -0.1) is 0 Å². The fourth-order valence-corrected chi connectivity index (χ4v) is 1.97. The topological polar surface area (TPSA) is 55.8 Å². The van der Waals surface area contributed by atoms with Gasteiger partial charge in [-0.05, 0) is 42.0 Å². The summed E-state index contributed by atoms with van der Waals surface area (Å²) in [6, 6.07) is 14.3. The van der Waals surface area contributed by atoms with E-state index >= 15 is 0 Å². The molecule has 0 heterocycles. The van der Waals surface area contributed by atoms with E-state index in [2.05, 4.69) is 0 Å². The van der Waals surface area contributed by atoms with Crippen molar-refractivity contribution in [3.05, 3.63) is 59.1 Å². The Hall–Kier alpha value is -2.20. The van der Waals surface area contributed by atoms with Gasteiger partial charge in [0, 0.05) is 11.4 Å². The van der Waals surface area contributed by atoms with Crippen LogP contribution in [0.25, 0.3) is 0 Å². The molecular formula is C17H17ClO4. The average molecular weight is 321 g/mol. The molecule has 4 nitrogen and oxygen atoms in total. The highest BCUT2D eigenvalue weighted by atomic mass is 35.5. The van der Waals surface area contributed by atoms with Gasteiger partial charge in [-0.25, -0.2) is 0 Å². The first kappa shape index (κ1) is 16.2. The lowest BCUT2D eigenvalue weighted by molar-refractivity contribution is -0.136. The Kier molecular flexibility index (Phi) is 6.10. The van der Waals surface area contributed by atoms with Crippen molar-refractivity contribution >= 4 is 17.6 Å². The molecule has 0 unspecified atom stereocenters. The summed E-state index contributed by atoms with van der Waals surface area (Å²) in [5.41, 5.74) is 0.755. The lowest BCUT2D eigenvalue weighted by Crippen LogP contribution is -2.05. The molecule has 1 N–H and O–H groups in total. The number of aliphatic carboxylic acids is 1. The van der Waals surface area contributed by atoms with E-state index in [1.54, 1.807) is 36.4 Å². The maximum Gasteiger partial charge on any atom is 0.307 e. The maximum absolute atomic E-state index is 10.6. The van der Waals surface area contributed by atoms with Crippen molar-refractivity contribution in [1.82, 2.24) is 0 Å². The maximum atomic E-state index is 10.6. The second-order valence-corrected chi connectivity index (χ2v) is 5.16. The molecule has 0 radical (unpaired) electrons. The lowest BCUT2D eigenvalue weighted by atomic mass is 10.1. The molecule has 116 valence electrons. The smallest absolute Gasteiger partial charge is 0.307 e. The first-order chi connectivity index (χ1) is 10.6. The Morgan fingerprint density at radius 1 is 0.909 bits per heavy atom. The van der Waals surface area contributed by atoms with Gasteiger partial charge < -0.3 is 14.6 Å². The van der Waals surface area contributed by atoms with Gasteiger partial charge in [-0.1, -0.05) is 23.7 Å². The van der Waals surface area contributed by atoms with E-state index in [-0.39, 0.29) is 6.42 Å². The van der Waals surface area contributed by atoms with Gasteiger partial charge >= 0.3 is 5.97 Å². The zero-order valence-corrected chi connectivity index (χ0v) is 12.8. The number of benzene rings is 2. The minimum absolute atomic E-state index is 0.0230. The van der Waals surface area contributed by atoms with E-state index in [4.69, 9.17) is 26.2 Å². The van der Waals surface area contributed by atoms with Crippen molar-refractivity contribution in [3.8, 4) is 11.5 Å². The normalized spacial score (nSPS) is 10.2. The average Bonchev–Trinajstić information content (AvgIpc) is 2.50. The molecule has 0 fully saturated rings. The molecule has 0 spiro atoms. The molecule has 5 heteroatoms.